The first-order chi connectivity index (χ1) is 9.08. The van der Waals surface area contributed by atoms with Gasteiger partial charge in [0, 0.05) is 16.6 Å². The van der Waals surface area contributed by atoms with Crippen LogP contribution in [0.1, 0.15) is 38.3 Å². The van der Waals surface area contributed by atoms with E-state index in [1.807, 2.05) is 19.1 Å². The van der Waals surface area contributed by atoms with Crippen LogP contribution in [-0.2, 0) is 0 Å². The molecule has 1 atom stereocenters. The summed E-state index contributed by atoms with van der Waals surface area (Å²) in [6.07, 6.45) is 2.13. The fourth-order valence-electron chi connectivity index (χ4n) is 1.62. The average molecular weight is 303 g/mol. The summed E-state index contributed by atoms with van der Waals surface area (Å²) in [7, 11) is 0. The molecule has 0 radical (unpaired) electrons. The number of nitrogens with zero attached hydrogens (tertiary/aromatic N) is 1. The maximum absolute atomic E-state index is 6.16. The van der Waals surface area contributed by atoms with Crippen molar-refractivity contribution in [1.82, 2.24) is 10.7 Å². The van der Waals surface area contributed by atoms with Crippen molar-refractivity contribution in [3.05, 3.63) is 33.8 Å². The first-order valence-electron chi connectivity index (χ1n) is 6.31. The molecular formula is C13H20Cl2N4. The van der Waals surface area contributed by atoms with E-state index >= 15 is 0 Å². The number of unbranched alkanes of at least 4 members (excludes halogenated alkanes) is 1. The molecule has 19 heavy (non-hydrogen) atoms. The van der Waals surface area contributed by atoms with E-state index < -0.39 is 0 Å². The number of rotatable bonds is 5. The summed E-state index contributed by atoms with van der Waals surface area (Å²) in [4.78, 5) is 4.34. The van der Waals surface area contributed by atoms with Gasteiger partial charge in [0.25, 0.3) is 0 Å². The Morgan fingerprint density at radius 2 is 2.16 bits per heavy atom. The predicted molar refractivity (Wildman–Crippen MR) is 82.5 cm³/mol. The molecule has 0 heterocycles. The number of benzene rings is 1. The maximum Gasteiger partial charge on any atom is 0.206 e. The molecular weight excluding hydrogens is 283 g/mol. The van der Waals surface area contributed by atoms with Crippen molar-refractivity contribution in [1.29, 1.82) is 0 Å². The molecule has 0 aliphatic heterocycles. The van der Waals surface area contributed by atoms with Gasteiger partial charge in [-0.3, -0.25) is 10.4 Å². The smallest absolute Gasteiger partial charge is 0.206 e. The Labute approximate surface area is 124 Å². The largest absolute Gasteiger partial charge is 0.349 e. The van der Waals surface area contributed by atoms with E-state index in [-0.39, 0.29) is 6.04 Å². The molecule has 1 unspecified atom stereocenters. The molecule has 106 valence electrons. The van der Waals surface area contributed by atoms with Crippen molar-refractivity contribution in [2.45, 2.75) is 32.7 Å². The molecule has 1 aromatic carbocycles. The number of hydrogen-bond donors (Lipinski definition) is 3. The Balaban J connectivity index is 2.71. The Hall–Kier alpha value is -0.970. The minimum Gasteiger partial charge on any atom is -0.349 e. The van der Waals surface area contributed by atoms with E-state index in [1.165, 1.54) is 0 Å². The number of halogens is 2. The molecule has 0 aliphatic carbocycles. The van der Waals surface area contributed by atoms with Crippen LogP contribution in [0.3, 0.4) is 0 Å². The topological polar surface area (TPSA) is 62.4 Å². The van der Waals surface area contributed by atoms with Gasteiger partial charge < -0.3 is 5.32 Å². The summed E-state index contributed by atoms with van der Waals surface area (Å²) >= 11 is 12.0. The highest BCUT2D eigenvalue weighted by atomic mass is 35.5. The van der Waals surface area contributed by atoms with Crippen LogP contribution in [0.15, 0.2) is 23.2 Å². The minimum atomic E-state index is -0.0128. The van der Waals surface area contributed by atoms with Crippen LogP contribution in [0.25, 0.3) is 0 Å². The molecule has 1 aromatic rings. The second kappa shape index (κ2) is 8.25. The van der Waals surface area contributed by atoms with Gasteiger partial charge in [0.05, 0.1) is 6.04 Å². The molecule has 4 N–H and O–H groups in total. The Morgan fingerprint density at radius 1 is 1.42 bits per heavy atom. The van der Waals surface area contributed by atoms with Gasteiger partial charge in [-0.05, 0) is 31.0 Å². The highest BCUT2D eigenvalue weighted by Crippen LogP contribution is 2.25. The van der Waals surface area contributed by atoms with Gasteiger partial charge in [-0.2, -0.15) is 0 Å². The third kappa shape index (κ3) is 5.27. The Morgan fingerprint density at radius 3 is 2.74 bits per heavy atom. The van der Waals surface area contributed by atoms with Crippen molar-refractivity contribution in [2.24, 2.45) is 10.8 Å². The fraction of sp³-hybridized carbons (Fsp3) is 0.462. The SMILES string of the molecule is CCCCN=C(NN)NC(C)c1ccc(Cl)cc1Cl. The van der Waals surface area contributed by atoms with E-state index in [9.17, 15) is 0 Å². The third-order valence-electron chi connectivity index (χ3n) is 2.70. The number of hydrogen-bond acceptors (Lipinski definition) is 2. The highest BCUT2D eigenvalue weighted by molar-refractivity contribution is 6.35. The summed E-state index contributed by atoms with van der Waals surface area (Å²) in [5.74, 6) is 6.01. The monoisotopic (exact) mass is 302 g/mol. The molecule has 0 aliphatic rings. The number of hydrazine groups is 1. The lowest BCUT2D eigenvalue weighted by atomic mass is 10.1. The van der Waals surface area contributed by atoms with Crippen molar-refractivity contribution in [2.75, 3.05) is 6.54 Å². The summed E-state index contributed by atoms with van der Waals surface area (Å²) in [6, 6.07) is 5.41. The fourth-order valence-corrected chi connectivity index (χ4v) is 2.19. The Bertz CT molecular complexity index is 435. The van der Waals surface area contributed by atoms with Gasteiger partial charge in [-0.15, -0.1) is 0 Å². The van der Waals surface area contributed by atoms with Crippen LogP contribution >= 0.6 is 23.2 Å². The van der Waals surface area contributed by atoms with Crippen molar-refractivity contribution in [3.63, 3.8) is 0 Å². The van der Waals surface area contributed by atoms with E-state index in [2.05, 4.69) is 22.7 Å². The lowest BCUT2D eigenvalue weighted by Crippen LogP contribution is -2.42. The molecule has 0 saturated carbocycles. The van der Waals surface area contributed by atoms with Crippen LogP contribution in [0.2, 0.25) is 10.0 Å². The molecule has 6 heteroatoms. The molecule has 0 bridgehead atoms. The summed E-state index contributed by atoms with van der Waals surface area (Å²) in [6.45, 7) is 4.85. The molecule has 1 rings (SSSR count). The predicted octanol–water partition coefficient (Wildman–Crippen LogP) is 3.26. The first kappa shape index (κ1) is 16.1. The molecule has 0 spiro atoms. The summed E-state index contributed by atoms with van der Waals surface area (Å²) in [5, 5.41) is 4.43. The lowest BCUT2D eigenvalue weighted by molar-refractivity contribution is 0.683. The van der Waals surface area contributed by atoms with Gasteiger partial charge in [-0.1, -0.05) is 42.6 Å². The molecule has 0 aromatic heterocycles. The van der Waals surface area contributed by atoms with Crippen molar-refractivity contribution < 1.29 is 0 Å². The standard InChI is InChI=1S/C13H20Cl2N4/c1-3-4-7-17-13(19-16)18-9(2)11-6-5-10(14)8-12(11)15/h5-6,8-9H,3-4,7,16H2,1-2H3,(H2,17,18,19). The molecule has 0 fully saturated rings. The number of nitrogens with one attached hydrogen (secondary N) is 2. The second-order valence-electron chi connectivity index (χ2n) is 4.26. The average Bonchev–Trinajstić information content (AvgIpc) is 2.37. The second-order valence-corrected chi connectivity index (χ2v) is 5.10. The summed E-state index contributed by atoms with van der Waals surface area (Å²) in [5.41, 5.74) is 3.51. The maximum atomic E-state index is 6.16. The summed E-state index contributed by atoms with van der Waals surface area (Å²) < 4.78 is 0. The van der Waals surface area contributed by atoms with Gasteiger partial charge in [0.15, 0.2) is 0 Å². The van der Waals surface area contributed by atoms with E-state index in [0.29, 0.717) is 16.0 Å². The zero-order chi connectivity index (χ0) is 14.3. The zero-order valence-corrected chi connectivity index (χ0v) is 12.7. The molecule has 0 saturated heterocycles. The van der Waals surface area contributed by atoms with Crippen molar-refractivity contribution in [3.8, 4) is 0 Å². The van der Waals surface area contributed by atoms with Gasteiger partial charge in [0.2, 0.25) is 5.96 Å². The van der Waals surface area contributed by atoms with Gasteiger partial charge in [-0.25, -0.2) is 5.84 Å². The lowest BCUT2D eigenvalue weighted by Gasteiger charge is -2.18. The highest BCUT2D eigenvalue weighted by Gasteiger charge is 2.11. The number of aliphatic imine (C=N–C) groups is 1. The van der Waals surface area contributed by atoms with Crippen LogP contribution < -0.4 is 16.6 Å². The van der Waals surface area contributed by atoms with Crippen molar-refractivity contribution >= 4 is 29.2 Å². The van der Waals surface area contributed by atoms with E-state index in [1.54, 1.807) is 6.07 Å². The van der Waals surface area contributed by atoms with Gasteiger partial charge >= 0.3 is 0 Å². The third-order valence-corrected chi connectivity index (χ3v) is 3.26. The minimum absolute atomic E-state index is 0.0128. The van der Waals surface area contributed by atoms with Crippen LogP contribution in [-0.4, -0.2) is 12.5 Å². The first-order valence-corrected chi connectivity index (χ1v) is 7.06. The normalized spacial score (nSPS) is 13.2. The quantitative estimate of drug-likeness (QED) is 0.257. The number of guanidine groups is 1. The van der Waals surface area contributed by atoms with Gasteiger partial charge in [0.1, 0.15) is 0 Å². The molecule has 0 amide bonds. The van der Waals surface area contributed by atoms with Crippen LogP contribution in [0.4, 0.5) is 0 Å². The van der Waals surface area contributed by atoms with Crippen LogP contribution in [0.5, 0.6) is 0 Å². The zero-order valence-electron chi connectivity index (χ0n) is 11.2. The number of nitrogens with two attached hydrogens (primary N) is 1. The Kier molecular flexibility index (Phi) is 6.99. The van der Waals surface area contributed by atoms with E-state index in [4.69, 9.17) is 29.0 Å². The molecule has 4 nitrogen and oxygen atoms in total. The van der Waals surface area contributed by atoms with Crippen LogP contribution in [0, 0.1) is 0 Å². The van der Waals surface area contributed by atoms with E-state index in [0.717, 1.165) is 24.9 Å².